The summed E-state index contributed by atoms with van der Waals surface area (Å²) in [5.74, 6) is 0.464. The van der Waals surface area contributed by atoms with Crippen LogP contribution in [0.4, 0.5) is 0 Å². The molecule has 1 heteroatoms. The van der Waals surface area contributed by atoms with E-state index in [4.69, 9.17) is 0 Å². The number of rotatable bonds is 2. The van der Waals surface area contributed by atoms with Crippen LogP contribution < -0.4 is 0 Å². The standard InChI is InChI=1S/C21H19I/c22-21-18-14-8-7-13-17(18)19(15-9-3-1-4-10-15)20(21)16-11-5-2-6-12-16/h2,5-9,11-14,19H,1,3-4,10H2. The summed E-state index contributed by atoms with van der Waals surface area (Å²) in [4.78, 5) is 0. The molecule has 2 aromatic rings. The third-order valence-electron chi connectivity index (χ3n) is 4.82. The summed E-state index contributed by atoms with van der Waals surface area (Å²) >= 11 is 2.55. The van der Waals surface area contributed by atoms with Gasteiger partial charge in [0.25, 0.3) is 0 Å². The summed E-state index contributed by atoms with van der Waals surface area (Å²) in [6, 6.07) is 19.9. The van der Waals surface area contributed by atoms with Gasteiger partial charge in [-0.1, -0.05) is 66.2 Å². The summed E-state index contributed by atoms with van der Waals surface area (Å²) in [6.07, 6.45) is 7.68. The molecular formula is C21H19I. The van der Waals surface area contributed by atoms with Crippen LogP contribution in [0.3, 0.4) is 0 Å². The molecule has 0 nitrogen and oxygen atoms in total. The average molecular weight is 398 g/mol. The molecule has 0 fully saturated rings. The second-order valence-corrected chi connectivity index (χ2v) is 7.22. The number of halogens is 1. The monoisotopic (exact) mass is 398 g/mol. The van der Waals surface area contributed by atoms with Crippen LogP contribution in [0, 0.1) is 0 Å². The average Bonchev–Trinajstić information content (AvgIpc) is 2.90. The molecule has 0 N–H and O–H groups in total. The summed E-state index contributed by atoms with van der Waals surface area (Å²) in [5.41, 5.74) is 7.44. The van der Waals surface area contributed by atoms with Gasteiger partial charge in [0, 0.05) is 9.50 Å². The first-order valence-electron chi connectivity index (χ1n) is 8.09. The SMILES string of the molecule is IC1=C(c2ccccc2)C(C2=CCCCC2)c2ccccc21. The van der Waals surface area contributed by atoms with Crippen LogP contribution in [0.1, 0.15) is 48.3 Å². The van der Waals surface area contributed by atoms with Crippen molar-refractivity contribution in [2.24, 2.45) is 0 Å². The highest BCUT2D eigenvalue weighted by Gasteiger charge is 2.33. The number of allylic oxidation sites excluding steroid dienone is 3. The third kappa shape index (κ3) is 2.36. The Morgan fingerprint density at radius 1 is 0.864 bits per heavy atom. The molecule has 0 heterocycles. The fourth-order valence-electron chi connectivity index (χ4n) is 3.80. The van der Waals surface area contributed by atoms with E-state index in [1.54, 1.807) is 5.57 Å². The minimum atomic E-state index is 0.464. The molecule has 0 aromatic heterocycles. The quantitative estimate of drug-likeness (QED) is 0.396. The Morgan fingerprint density at radius 3 is 2.41 bits per heavy atom. The number of hydrogen-bond acceptors (Lipinski definition) is 0. The van der Waals surface area contributed by atoms with Crippen molar-refractivity contribution in [3.63, 3.8) is 0 Å². The Morgan fingerprint density at radius 2 is 1.64 bits per heavy atom. The smallest absolute Gasteiger partial charge is 0.0321 e. The first kappa shape index (κ1) is 14.3. The van der Waals surface area contributed by atoms with Crippen molar-refractivity contribution in [2.45, 2.75) is 31.6 Å². The third-order valence-corrected chi connectivity index (χ3v) is 5.98. The summed E-state index contributed by atoms with van der Waals surface area (Å²) in [5, 5.41) is 0. The van der Waals surface area contributed by atoms with E-state index in [0.29, 0.717) is 5.92 Å². The molecule has 1 atom stereocenters. The minimum Gasteiger partial charge on any atom is -0.0844 e. The maximum atomic E-state index is 2.55. The van der Waals surface area contributed by atoms with Crippen molar-refractivity contribution in [1.29, 1.82) is 0 Å². The zero-order chi connectivity index (χ0) is 14.9. The van der Waals surface area contributed by atoms with Gasteiger partial charge in [-0.3, -0.25) is 0 Å². The van der Waals surface area contributed by atoms with Crippen LogP contribution in [0.15, 0.2) is 66.2 Å². The van der Waals surface area contributed by atoms with E-state index < -0.39 is 0 Å². The van der Waals surface area contributed by atoms with Gasteiger partial charge in [-0.05, 0) is 70.5 Å². The molecule has 0 saturated heterocycles. The molecule has 0 saturated carbocycles. The fourth-order valence-corrected chi connectivity index (χ4v) is 4.91. The predicted octanol–water partition coefficient (Wildman–Crippen LogP) is 6.59. The van der Waals surface area contributed by atoms with E-state index in [1.807, 2.05) is 0 Å². The van der Waals surface area contributed by atoms with Gasteiger partial charge in [0.05, 0.1) is 0 Å². The molecule has 0 aliphatic heterocycles. The summed E-state index contributed by atoms with van der Waals surface area (Å²) in [7, 11) is 0. The van der Waals surface area contributed by atoms with Crippen molar-refractivity contribution >= 4 is 31.7 Å². The van der Waals surface area contributed by atoms with E-state index in [9.17, 15) is 0 Å². The lowest BCUT2D eigenvalue weighted by Crippen LogP contribution is -2.05. The normalized spacial score (nSPS) is 20.8. The van der Waals surface area contributed by atoms with Crippen molar-refractivity contribution in [2.75, 3.05) is 0 Å². The molecule has 1 unspecified atom stereocenters. The minimum absolute atomic E-state index is 0.464. The highest BCUT2D eigenvalue weighted by Crippen LogP contribution is 2.53. The molecule has 0 spiro atoms. The topological polar surface area (TPSA) is 0 Å². The van der Waals surface area contributed by atoms with Gasteiger partial charge in [0.1, 0.15) is 0 Å². The van der Waals surface area contributed by atoms with Crippen molar-refractivity contribution in [1.82, 2.24) is 0 Å². The van der Waals surface area contributed by atoms with E-state index in [2.05, 4.69) is 83.3 Å². The maximum Gasteiger partial charge on any atom is 0.0321 e. The first-order valence-corrected chi connectivity index (χ1v) is 9.17. The second-order valence-electron chi connectivity index (χ2n) is 6.14. The van der Waals surface area contributed by atoms with Crippen LogP contribution >= 0.6 is 22.6 Å². The van der Waals surface area contributed by atoms with Gasteiger partial charge in [0.15, 0.2) is 0 Å². The highest BCUT2D eigenvalue weighted by atomic mass is 127. The number of fused-ring (bicyclic) bond motifs is 1. The first-order chi connectivity index (χ1) is 10.9. The summed E-state index contributed by atoms with van der Waals surface area (Å²) < 4.78 is 1.43. The zero-order valence-electron chi connectivity index (χ0n) is 12.6. The van der Waals surface area contributed by atoms with Crippen LogP contribution in [0.2, 0.25) is 0 Å². The predicted molar refractivity (Wildman–Crippen MR) is 103 cm³/mol. The molecule has 4 rings (SSSR count). The Hall–Kier alpha value is -1.35. The van der Waals surface area contributed by atoms with Crippen molar-refractivity contribution < 1.29 is 0 Å². The van der Waals surface area contributed by atoms with Gasteiger partial charge in [-0.25, -0.2) is 0 Å². The van der Waals surface area contributed by atoms with E-state index >= 15 is 0 Å². The Labute approximate surface area is 146 Å². The lowest BCUT2D eigenvalue weighted by Gasteiger charge is -2.23. The van der Waals surface area contributed by atoms with Gasteiger partial charge >= 0.3 is 0 Å². The Kier molecular flexibility index (Phi) is 3.91. The molecule has 2 aromatic carbocycles. The van der Waals surface area contributed by atoms with Gasteiger partial charge in [-0.15, -0.1) is 0 Å². The second kappa shape index (κ2) is 6.04. The van der Waals surface area contributed by atoms with Crippen molar-refractivity contribution in [3.05, 3.63) is 82.9 Å². The molecule has 110 valence electrons. The molecule has 0 amide bonds. The van der Waals surface area contributed by atoms with Crippen LogP contribution in [0.25, 0.3) is 9.15 Å². The van der Waals surface area contributed by atoms with E-state index in [-0.39, 0.29) is 0 Å². The van der Waals surface area contributed by atoms with Crippen LogP contribution in [-0.2, 0) is 0 Å². The molecule has 0 radical (unpaired) electrons. The highest BCUT2D eigenvalue weighted by molar-refractivity contribution is 14.1. The maximum absolute atomic E-state index is 2.55. The lowest BCUT2D eigenvalue weighted by molar-refractivity contribution is 0.677. The Bertz CT molecular complexity index is 752. The van der Waals surface area contributed by atoms with Crippen molar-refractivity contribution in [3.8, 4) is 0 Å². The fraction of sp³-hybridized carbons (Fsp3) is 0.238. The largest absolute Gasteiger partial charge is 0.0844 e. The molecular weight excluding hydrogens is 379 g/mol. The molecule has 22 heavy (non-hydrogen) atoms. The molecule has 0 bridgehead atoms. The molecule has 2 aliphatic rings. The molecule has 2 aliphatic carbocycles. The number of benzene rings is 2. The van der Waals surface area contributed by atoms with Crippen LogP contribution in [-0.4, -0.2) is 0 Å². The van der Waals surface area contributed by atoms with Crippen LogP contribution in [0.5, 0.6) is 0 Å². The Balaban J connectivity index is 1.90. The zero-order valence-corrected chi connectivity index (χ0v) is 14.7. The van der Waals surface area contributed by atoms with Gasteiger partial charge in [0.2, 0.25) is 0 Å². The van der Waals surface area contributed by atoms with E-state index in [1.165, 1.54) is 51.5 Å². The lowest BCUT2D eigenvalue weighted by atomic mass is 9.80. The van der Waals surface area contributed by atoms with E-state index in [0.717, 1.165) is 0 Å². The van der Waals surface area contributed by atoms with Gasteiger partial charge in [-0.2, -0.15) is 0 Å². The summed E-state index contributed by atoms with van der Waals surface area (Å²) in [6.45, 7) is 0. The number of hydrogen-bond donors (Lipinski definition) is 0. The van der Waals surface area contributed by atoms with Gasteiger partial charge < -0.3 is 0 Å².